The van der Waals surface area contributed by atoms with Gasteiger partial charge in [-0.05, 0) is 0 Å². The SMILES string of the molecule is C=C[C](C)(C)[Sn]([c]1ccccc1)([c]1ccccc1)[c]1ccccc1. The van der Waals surface area contributed by atoms with Crippen molar-refractivity contribution in [3.05, 3.63) is 104 Å². The molecule has 120 valence electrons. The van der Waals surface area contributed by atoms with E-state index in [9.17, 15) is 0 Å². The van der Waals surface area contributed by atoms with Crippen molar-refractivity contribution in [2.24, 2.45) is 0 Å². The molecule has 0 saturated carbocycles. The monoisotopic (exact) mass is 420 g/mol. The van der Waals surface area contributed by atoms with Gasteiger partial charge >= 0.3 is 150 Å². The third-order valence-electron chi connectivity index (χ3n) is 5.10. The van der Waals surface area contributed by atoms with E-state index in [0.717, 1.165) is 0 Å². The summed E-state index contributed by atoms with van der Waals surface area (Å²) in [6.45, 7) is 8.96. The quantitative estimate of drug-likeness (QED) is 0.431. The topological polar surface area (TPSA) is 0 Å². The molecule has 0 radical (unpaired) electrons. The summed E-state index contributed by atoms with van der Waals surface area (Å²) in [5, 5.41) is 0. The Morgan fingerprint density at radius 2 is 0.917 bits per heavy atom. The molecule has 0 aromatic heterocycles. The van der Waals surface area contributed by atoms with E-state index in [1.807, 2.05) is 0 Å². The Balaban J connectivity index is 2.45. The molecule has 3 aromatic carbocycles. The average Bonchev–Trinajstić information content (AvgIpc) is 2.65. The summed E-state index contributed by atoms with van der Waals surface area (Å²) in [6, 6.07) is 33.3. The van der Waals surface area contributed by atoms with Crippen LogP contribution in [0.3, 0.4) is 0 Å². The van der Waals surface area contributed by atoms with Crippen LogP contribution in [0.4, 0.5) is 0 Å². The second-order valence-corrected chi connectivity index (χ2v) is 19.7. The Morgan fingerprint density at radius 3 is 1.17 bits per heavy atom. The molecule has 0 amide bonds. The van der Waals surface area contributed by atoms with E-state index in [-0.39, 0.29) is 3.43 Å². The minimum absolute atomic E-state index is 0.0404. The van der Waals surface area contributed by atoms with Gasteiger partial charge in [0.15, 0.2) is 0 Å². The van der Waals surface area contributed by atoms with Crippen LogP contribution in [-0.2, 0) is 0 Å². The van der Waals surface area contributed by atoms with Gasteiger partial charge in [0.2, 0.25) is 0 Å². The molecule has 0 atom stereocenters. The van der Waals surface area contributed by atoms with Crippen LogP contribution in [-0.4, -0.2) is 18.4 Å². The molecular formula is C23H24Sn. The number of benzene rings is 3. The van der Waals surface area contributed by atoms with Crippen molar-refractivity contribution in [2.75, 3.05) is 0 Å². The average molecular weight is 419 g/mol. The molecule has 0 bridgehead atoms. The molecule has 0 aliphatic heterocycles. The van der Waals surface area contributed by atoms with Gasteiger partial charge in [0.05, 0.1) is 0 Å². The summed E-state index contributed by atoms with van der Waals surface area (Å²) in [6.07, 6.45) is 2.18. The molecule has 0 fully saturated rings. The summed E-state index contributed by atoms with van der Waals surface area (Å²) >= 11 is -3.28. The van der Waals surface area contributed by atoms with Crippen molar-refractivity contribution in [1.82, 2.24) is 0 Å². The first-order valence-corrected chi connectivity index (χ1v) is 14.1. The minimum atomic E-state index is -3.28. The number of allylic oxidation sites excluding steroid dienone is 1. The molecular weight excluding hydrogens is 395 g/mol. The fraction of sp³-hybridized carbons (Fsp3) is 0.130. The van der Waals surface area contributed by atoms with Gasteiger partial charge in [0, 0.05) is 0 Å². The van der Waals surface area contributed by atoms with Crippen LogP contribution in [0.2, 0.25) is 3.43 Å². The van der Waals surface area contributed by atoms with Crippen molar-refractivity contribution in [3.63, 3.8) is 0 Å². The number of hydrogen-bond acceptors (Lipinski definition) is 0. The number of hydrogen-bond donors (Lipinski definition) is 0. The van der Waals surface area contributed by atoms with E-state index < -0.39 is 18.4 Å². The molecule has 3 aromatic rings. The molecule has 0 nitrogen and oxygen atoms in total. The first-order chi connectivity index (χ1) is 11.6. The van der Waals surface area contributed by atoms with E-state index in [0.29, 0.717) is 0 Å². The first kappa shape index (κ1) is 17.0. The van der Waals surface area contributed by atoms with Gasteiger partial charge in [-0.3, -0.25) is 0 Å². The van der Waals surface area contributed by atoms with Crippen molar-refractivity contribution < 1.29 is 0 Å². The maximum absolute atomic E-state index is 4.23. The van der Waals surface area contributed by atoms with Gasteiger partial charge in [-0.1, -0.05) is 0 Å². The second-order valence-electron chi connectivity index (χ2n) is 6.77. The third kappa shape index (κ3) is 2.73. The van der Waals surface area contributed by atoms with Crippen molar-refractivity contribution in [1.29, 1.82) is 0 Å². The molecule has 0 spiro atoms. The molecule has 0 aliphatic carbocycles. The molecule has 1 heteroatoms. The fourth-order valence-corrected chi connectivity index (χ4v) is 19.9. The van der Waals surface area contributed by atoms with Gasteiger partial charge in [0.1, 0.15) is 0 Å². The summed E-state index contributed by atoms with van der Waals surface area (Å²) in [5.74, 6) is 0. The standard InChI is InChI=1S/3C6H5.C5H9.Sn/c3*1-2-4-6-5-3-1;1-4-5(2)3;/h3*1-5H;4H,1H2,2-3H3;. The van der Waals surface area contributed by atoms with Crippen LogP contribution >= 0.6 is 0 Å². The normalized spacial score (nSPS) is 11.9. The van der Waals surface area contributed by atoms with Gasteiger partial charge in [-0.2, -0.15) is 0 Å². The van der Waals surface area contributed by atoms with Gasteiger partial charge < -0.3 is 0 Å². The Hall–Kier alpha value is -1.80. The Kier molecular flexibility index (Phi) is 4.96. The van der Waals surface area contributed by atoms with Crippen LogP contribution in [0.25, 0.3) is 0 Å². The molecule has 0 N–H and O–H groups in total. The van der Waals surface area contributed by atoms with Crippen molar-refractivity contribution in [2.45, 2.75) is 17.3 Å². The first-order valence-electron chi connectivity index (χ1n) is 8.43. The predicted octanol–water partition coefficient (Wildman–Crippen LogP) is 4.12. The van der Waals surface area contributed by atoms with E-state index in [2.05, 4.69) is 117 Å². The molecule has 0 saturated heterocycles. The zero-order valence-electron chi connectivity index (χ0n) is 14.4. The number of rotatable bonds is 5. The molecule has 0 aliphatic rings. The van der Waals surface area contributed by atoms with E-state index in [4.69, 9.17) is 0 Å². The van der Waals surface area contributed by atoms with Crippen LogP contribution < -0.4 is 10.7 Å². The second kappa shape index (κ2) is 6.98. The molecule has 0 unspecified atom stereocenters. The summed E-state index contributed by atoms with van der Waals surface area (Å²) in [7, 11) is 0. The predicted molar refractivity (Wildman–Crippen MR) is 108 cm³/mol. The van der Waals surface area contributed by atoms with E-state index in [1.165, 1.54) is 10.7 Å². The van der Waals surface area contributed by atoms with Crippen molar-refractivity contribution in [3.8, 4) is 0 Å². The van der Waals surface area contributed by atoms with Crippen LogP contribution in [0, 0.1) is 0 Å². The Labute approximate surface area is 149 Å². The summed E-state index contributed by atoms with van der Waals surface area (Å²) in [4.78, 5) is 0. The van der Waals surface area contributed by atoms with Gasteiger partial charge in [-0.25, -0.2) is 0 Å². The summed E-state index contributed by atoms with van der Waals surface area (Å²) < 4.78 is 4.52. The Bertz CT molecular complexity index is 693. The van der Waals surface area contributed by atoms with Crippen LogP contribution in [0.1, 0.15) is 13.8 Å². The van der Waals surface area contributed by atoms with Gasteiger partial charge in [-0.15, -0.1) is 0 Å². The van der Waals surface area contributed by atoms with Gasteiger partial charge in [0.25, 0.3) is 0 Å². The zero-order chi connectivity index (χ0) is 17.0. The third-order valence-corrected chi connectivity index (χ3v) is 21.5. The van der Waals surface area contributed by atoms with E-state index in [1.54, 1.807) is 0 Å². The maximum atomic E-state index is 4.23. The van der Waals surface area contributed by atoms with Crippen LogP contribution in [0.15, 0.2) is 104 Å². The van der Waals surface area contributed by atoms with Crippen molar-refractivity contribution >= 4 is 29.1 Å². The molecule has 0 heterocycles. The van der Waals surface area contributed by atoms with Crippen LogP contribution in [0.5, 0.6) is 0 Å². The molecule has 3 rings (SSSR count). The summed E-state index contributed by atoms with van der Waals surface area (Å²) in [5.41, 5.74) is 0. The fourth-order valence-electron chi connectivity index (χ4n) is 3.83. The van der Waals surface area contributed by atoms with E-state index >= 15 is 0 Å². The molecule has 24 heavy (non-hydrogen) atoms. The zero-order valence-corrected chi connectivity index (χ0v) is 17.3. The Morgan fingerprint density at radius 1 is 0.625 bits per heavy atom.